The van der Waals surface area contributed by atoms with E-state index in [0.29, 0.717) is 5.75 Å². The van der Waals surface area contributed by atoms with Crippen molar-refractivity contribution in [3.8, 4) is 5.75 Å². The number of carbonyl (C=O) groups excluding carboxylic acids is 1. The van der Waals surface area contributed by atoms with Gasteiger partial charge in [0.05, 0.1) is 6.33 Å². The van der Waals surface area contributed by atoms with Crippen LogP contribution in [0.3, 0.4) is 0 Å². The Morgan fingerprint density at radius 1 is 1.29 bits per heavy atom. The first kappa shape index (κ1) is 15.7. The van der Waals surface area contributed by atoms with E-state index in [-0.39, 0.29) is 41.2 Å². The Labute approximate surface area is 137 Å². The van der Waals surface area contributed by atoms with Crippen LogP contribution in [-0.4, -0.2) is 38.5 Å². The zero-order valence-electron chi connectivity index (χ0n) is 13.3. The fourth-order valence-electron chi connectivity index (χ4n) is 2.33. The van der Waals surface area contributed by atoms with Crippen molar-refractivity contribution < 1.29 is 9.53 Å². The second-order valence-corrected chi connectivity index (χ2v) is 5.45. The molecule has 3 aromatic rings. The zero-order valence-corrected chi connectivity index (χ0v) is 13.3. The number of nitrogens with one attached hydrogen (secondary N) is 2. The standard InChI is InChI=1S/C16H17N5O3/c1-10(2)21(12(22)8-24-11-6-4-3-5-7-11)16-19-14-13(15(23)20-16)17-9-18-14/h3-7,9-10H,8H2,1-2H3,(H2,17,18,19,20,23). The van der Waals surface area contributed by atoms with E-state index in [1.165, 1.54) is 11.2 Å². The van der Waals surface area contributed by atoms with Gasteiger partial charge in [0.1, 0.15) is 5.75 Å². The van der Waals surface area contributed by atoms with Crippen molar-refractivity contribution in [2.75, 3.05) is 11.5 Å². The first-order valence-electron chi connectivity index (χ1n) is 7.49. The average Bonchev–Trinajstić information content (AvgIpc) is 3.03. The van der Waals surface area contributed by atoms with Crippen molar-refractivity contribution in [1.82, 2.24) is 19.9 Å². The van der Waals surface area contributed by atoms with Gasteiger partial charge in [-0.15, -0.1) is 0 Å². The van der Waals surface area contributed by atoms with Gasteiger partial charge in [0.15, 0.2) is 17.8 Å². The Morgan fingerprint density at radius 2 is 2.04 bits per heavy atom. The second-order valence-electron chi connectivity index (χ2n) is 5.45. The summed E-state index contributed by atoms with van der Waals surface area (Å²) in [6.45, 7) is 3.49. The highest BCUT2D eigenvalue weighted by Gasteiger charge is 2.23. The van der Waals surface area contributed by atoms with E-state index < -0.39 is 0 Å². The van der Waals surface area contributed by atoms with Crippen LogP contribution >= 0.6 is 0 Å². The molecular formula is C16H17N5O3. The number of nitrogens with zero attached hydrogens (tertiary/aromatic N) is 3. The Morgan fingerprint density at radius 3 is 2.75 bits per heavy atom. The van der Waals surface area contributed by atoms with Gasteiger partial charge < -0.3 is 9.72 Å². The molecule has 2 N–H and O–H groups in total. The summed E-state index contributed by atoms with van der Waals surface area (Å²) in [7, 11) is 0. The molecule has 0 bridgehead atoms. The number of fused-ring (bicyclic) bond motifs is 1. The molecule has 1 amide bonds. The Hall–Kier alpha value is -3.16. The average molecular weight is 327 g/mol. The highest BCUT2D eigenvalue weighted by molar-refractivity contribution is 5.93. The van der Waals surface area contributed by atoms with Crippen LogP contribution < -0.4 is 15.2 Å². The number of carbonyl (C=O) groups is 1. The van der Waals surface area contributed by atoms with Gasteiger partial charge in [0, 0.05) is 6.04 Å². The summed E-state index contributed by atoms with van der Waals surface area (Å²) >= 11 is 0. The SMILES string of the molecule is CC(C)N(C(=O)COc1ccccc1)c1nc2nc[nH]c2c(=O)[nH]1. The fourth-order valence-corrected chi connectivity index (χ4v) is 2.33. The molecule has 8 heteroatoms. The summed E-state index contributed by atoms with van der Waals surface area (Å²) in [5.41, 5.74) is 0.154. The van der Waals surface area contributed by atoms with Gasteiger partial charge in [0.2, 0.25) is 5.95 Å². The molecule has 0 fully saturated rings. The van der Waals surface area contributed by atoms with Gasteiger partial charge in [-0.3, -0.25) is 19.5 Å². The van der Waals surface area contributed by atoms with E-state index >= 15 is 0 Å². The van der Waals surface area contributed by atoms with E-state index in [2.05, 4.69) is 19.9 Å². The van der Waals surface area contributed by atoms with Crippen LogP contribution in [0.2, 0.25) is 0 Å². The number of aromatic amines is 2. The summed E-state index contributed by atoms with van der Waals surface area (Å²) in [5, 5.41) is 0. The molecule has 3 rings (SSSR count). The molecule has 0 aliphatic rings. The third kappa shape index (κ3) is 3.12. The predicted molar refractivity (Wildman–Crippen MR) is 89.1 cm³/mol. The van der Waals surface area contributed by atoms with Gasteiger partial charge >= 0.3 is 0 Å². The topological polar surface area (TPSA) is 104 Å². The smallest absolute Gasteiger partial charge is 0.278 e. The summed E-state index contributed by atoms with van der Waals surface area (Å²) in [6.07, 6.45) is 1.39. The van der Waals surface area contributed by atoms with Crippen LogP contribution in [0, 0.1) is 0 Å². The van der Waals surface area contributed by atoms with Crippen molar-refractivity contribution in [3.05, 3.63) is 47.0 Å². The van der Waals surface area contributed by atoms with E-state index in [0.717, 1.165) is 0 Å². The monoisotopic (exact) mass is 327 g/mol. The minimum Gasteiger partial charge on any atom is -0.484 e. The number of aromatic nitrogens is 4. The molecule has 0 spiro atoms. The van der Waals surface area contributed by atoms with Gasteiger partial charge in [0.25, 0.3) is 11.5 Å². The molecule has 2 aromatic heterocycles. The van der Waals surface area contributed by atoms with Crippen LogP contribution in [0.1, 0.15) is 13.8 Å². The third-order valence-corrected chi connectivity index (χ3v) is 3.40. The van der Waals surface area contributed by atoms with Crippen molar-refractivity contribution >= 4 is 23.0 Å². The molecule has 24 heavy (non-hydrogen) atoms. The molecule has 0 saturated carbocycles. The first-order valence-corrected chi connectivity index (χ1v) is 7.49. The lowest BCUT2D eigenvalue weighted by molar-refractivity contribution is -0.121. The first-order chi connectivity index (χ1) is 11.6. The summed E-state index contributed by atoms with van der Waals surface area (Å²) in [4.78, 5) is 39.5. The molecule has 0 aliphatic carbocycles. The maximum atomic E-state index is 12.6. The maximum Gasteiger partial charge on any atom is 0.278 e. The number of anilines is 1. The van der Waals surface area contributed by atoms with Gasteiger partial charge in [-0.05, 0) is 26.0 Å². The van der Waals surface area contributed by atoms with E-state index in [9.17, 15) is 9.59 Å². The van der Waals surface area contributed by atoms with Crippen molar-refractivity contribution in [2.45, 2.75) is 19.9 Å². The zero-order chi connectivity index (χ0) is 17.1. The minimum atomic E-state index is -0.380. The second kappa shape index (κ2) is 6.53. The Bertz CT molecular complexity index is 901. The number of ether oxygens (including phenoxy) is 1. The van der Waals surface area contributed by atoms with Crippen LogP contribution in [0.15, 0.2) is 41.5 Å². The number of benzene rings is 1. The van der Waals surface area contributed by atoms with Crippen molar-refractivity contribution in [2.24, 2.45) is 0 Å². The lowest BCUT2D eigenvalue weighted by atomic mass is 10.3. The number of hydrogen-bond donors (Lipinski definition) is 2. The van der Waals surface area contributed by atoms with Gasteiger partial charge in [-0.1, -0.05) is 18.2 Å². The van der Waals surface area contributed by atoms with Gasteiger partial charge in [-0.25, -0.2) is 4.98 Å². The highest BCUT2D eigenvalue weighted by atomic mass is 16.5. The molecule has 8 nitrogen and oxygen atoms in total. The summed E-state index contributed by atoms with van der Waals surface area (Å²) in [6, 6.07) is 8.83. The molecule has 0 aliphatic heterocycles. The number of imidazole rings is 1. The molecule has 0 atom stereocenters. The number of para-hydroxylation sites is 1. The lowest BCUT2D eigenvalue weighted by Gasteiger charge is -2.24. The van der Waals surface area contributed by atoms with E-state index in [1.807, 2.05) is 32.0 Å². The minimum absolute atomic E-state index is 0.149. The number of amides is 1. The third-order valence-electron chi connectivity index (χ3n) is 3.40. The van der Waals surface area contributed by atoms with Crippen LogP contribution in [-0.2, 0) is 4.79 Å². The van der Waals surface area contributed by atoms with Crippen molar-refractivity contribution in [1.29, 1.82) is 0 Å². The number of H-pyrrole nitrogens is 2. The highest BCUT2D eigenvalue weighted by Crippen LogP contribution is 2.14. The maximum absolute atomic E-state index is 12.6. The Kier molecular flexibility index (Phi) is 4.28. The van der Waals surface area contributed by atoms with Gasteiger partial charge in [-0.2, -0.15) is 4.98 Å². The number of rotatable bonds is 5. The van der Waals surface area contributed by atoms with Crippen LogP contribution in [0.4, 0.5) is 5.95 Å². The summed E-state index contributed by atoms with van der Waals surface area (Å²) in [5.74, 6) is 0.432. The van der Waals surface area contributed by atoms with E-state index in [4.69, 9.17) is 4.74 Å². The van der Waals surface area contributed by atoms with E-state index in [1.54, 1.807) is 12.1 Å². The Balaban J connectivity index is 1.85. The van der Waals surface area contributed by atoms with Crippen molar-refractivity contribution in [3.63, 3.8) is 0 Å². The molecule has 0 unspecified atom stereocenters. The fraction of sp³-hybridized carbons (Fsp3) is 0.250. The molecule has 0 saturated heterocycles. The molecule has 1 aromatic carbocycles. The normalized spacial score (nSPS) is 11.0. The predicted octanol–water partition coefficient (Wildman–Crippen LogP) is 1.47. The largest absolute Gasteiger partial charge is 0.484 e. The summed E-state index contributed by atoms with van der Waals surface area (Å²) < 4.78 is 5.49. The van der Waals surface area contributed by atoms with Crippen LogP contribution in [0.5, 0.6) is 5.75 Å². The molecular weight excluding hydrogens is 310 g/mol. The van der Waals surface area contributed by atoms with Crippen LogP contribution in [0.25, 0.3) is 11.2 Å². The molecule has 2 heterocycles. The number of hydrogen-bond acceptors (Lipinski definition) is 5. The molecule has 124 valence electrons. The quantitative estimate of drug-likeness (QED) is 0.738. The lowest BCUT2D eigenvalue weighted by Crippen LogP contribution is -2.42. The molecule has 0 radical (unpaired) electrons.